The van der Waals surface area contributed by atoms with E-state index < -0.39 is 5.54 Å². The van der Waals surface area contributed by atoms with E-state index in [9.17, 15) is 4.79 Å². The Hall–Kier alpha value is -2.37. The molecule has 0 atom stereocenters. The van der Waals surface area contributed by atoms with E-state index in [1.807, 2.05) is 37.8 Å². The van der Waals surface area contributed by atoms with Crippen molar-refractivity contribution >= 4 is 5.78 Å². The highest BCUT2D eigenvalue weighted by molar-refractivity contribution is 6.03. The van der Waals surface area contributed by atoms with Crippen LogP contribution in [0.3, 0.4) is 0 Å². The van der Waals surface area contributed by atoms with Crippen LogP contribution >= 0.6 is 0 Å². The zero-order valence-corrected chi connectivity index (χ0v) is 15.4. The topological polar surface area (TPSA) is 77.1 Å². The number of hydrogen-bond donors (Lipinski definition) is 0. The second-order valence-corrected chi connectivity index (χ2v) is 5.83. The number of carbonyl (C=O) groups excluding carboxylic acids is 1. The molecule has 0 aromatic heterocycles. The van der Waals surface area contributed by atoms with E-state index in [2.05, 4.69) is 12.1 Å². The summed E-state index contributed by atoms with van der Waals surface area (Å²) in [4.78, 5) is 15.3. The smallest absolute Gasteiger partial charge is 0.183 e. The van der Waals surface area contributed by atoms with Gasteiger partial charge in [0.05, 0.1) is 24.3 Å². The van der Waals surface area contributed by atoms with Crippen LogP contribution in [0.1, 0.15) is 56.8 Å². The van der Waals surface area contributed by atoms with E-state index in [1.54, 1.807) is 12.1 Å². The summed E-state index contributed by atoms with van der Waals surface area (Å²) in [6.45, 7) is 7.45. The first-order valence-corrected chi connectivity index (χ1v) is 8.86. The molecule has 0 N–H and O–H groups in total. The molecule has 1 aromatic carbocycles. The summed E-state index contributed by atoms with van der Waals surface area (Å²) in [5, 5.41) is 17.9. The van der Waals surface area contributed by atoms with Gasteiger partial charge in [0.2, 0.25) is 0 Å². The molecule has 1 aromatic rings. The minimum atomic E-state index is -0.694. The summed E-state index contributed by atoms with van der Waals surface area (Å²) in [5.74, 6) is 0.778. The Balaban J connectivity index is 3.17. The minimum Gasteiger partial charge on any atom is -0.494 e. The standard InChI is InChI=1S/C20H27N3O2/c1-4-20(5-2,23(15-7-13-21)16-8-14-22)19(24)17-9-11-18(12-10-17)25-6-3/h9-12H,4-8,15-16H2,1-3H3. The van der Waals surface area contributed by atoms with Gasteiger partial charge in [0.25, 0.3) is 0 Å². The van der Waals surface area contributed by atoms with Crippen molar-refractivity contribution in [2.45, 2.75) is 52.0 Å². The van der Waals surface area contributed by atoms with Gasteiger partial charge in [-0.3, -0.25) is 9.69 Å². The predicted molar refractivity (Wildman–Crippen MR) is 97.3 cm³/mol. The lowest BCUT2D eigenvalue weighted by molar-refractivity contribution is 0.0510. The van der Waals surface area contributed by atoms with Gasteiger partial charge in [-0.25, -0.2) is 0 Å². The van der Waals surface area contributed by atoms with E-state index in [0.717, 1.165) is 5.75 Å². The van der Waals surface area contributed by atoms with E-state index in [0.29, 0.717) is 50.9 Å². The molecule has 0 aliphatic rings. The number of nitrogens with zero attached hydrogens (tertiary/aromatic N) is 3. The van der Waals surface area contributed by atoms with Crippen LogP contribution in [0, 0.1) is 22.7 Å². The highest BCUT2D eigenvalue weighted by atomic mass is 16.5. The molecule has 0 heterocycles. The summed E-state index contributed by atoms with van der Waals surface area (Å²) >= 11 is 0. The zero-order valence-electron chi connectivity index (χ0n) is 15.4. The molecule has 0 spiro atoms. The molecule has 0 bridgehead atoms. The average molecular weight is 341 g/mol. The van der Waals surface area contributed by atoms with Crippen molar-refractivity contribution in [1.29, 1.82) is 10.5 Å². The maximum Gasteiger partial charge on any atom is 0.183 e. The Morgan fingerprint density at radius 3 is 1.96 bits per heavy atom. The van der Waals surface area contributed by atoms with Crippen molar-refractivity contribution in [1.82, 2.24) is 4.90 Å². The first-order chi connectivity index (χ1) is 12.1. The van der Waals surface area contributed by atoms with Crippen molar-refractivity contribution in [2.24, 2.45) is 0 Å². The highest BCUT2D eigenvalue weighted by Gasteiger charge is 2.40. The van der Waals surface area contributed by atoms with E-state index in [1.165, 1.54) is 0 Å². The second-order valence-electron chi connectivity index (χ2n) is 5.83. The van der Waals surface area contributed by atoms with E-state index in [-0.39, 0.29) is 5.78 Å². The SMILES string of the molecule is CCOc1ccc(C(=O)C(CC)(CC)N(CCC#N)CCC#N)cc1. The van der Waals surface area contributed by atoms with Gasteiger partial charge >= 0.3 is 0 Å². The first-order valence-electron chi connectivity index (χ1n) is 8.86. The fourth-order valence-corrected chi connectivity index (χ4v) is 3.21. The van der Waals surface area contributed by atoms with Crippen molar-refractivity contribution in [3.05, 3.63) is 29.8 Å². The molecule has 1 rings (SSSR count). The molecule has 0 radical (unpaired) electrons. The van der Waals surface area contributed by atoms with Gasteiger partial charge in [0, 0.05) is 31.5 Å². The molecule has 0 aliphatic heterocycles. The summed E-state index contributed by atoms with van der Waals surface area (Å²) in [5.41, 5.74) is -0.0630. The number of ketones is 1. The largest absolute Gasteiger partial charge is 0.494 e. The van der Waals surface area contributed by atoms with Crippen molar-refractivity contribution < 1.29 is 9.53 Å². The Kier molecular flexibility index (Phi) is 8.67. The fourth-order valence-electron chi connectivity index (χ4n) is 3.21. The first kappa shape index (κ1) is 20.7. The number of benzene rings is 1. The maximum absolute atomic E-state index is 13.3. The quantitative estimate of drug-likeness (QED) is 0.569. The number of rotatable bonds is 11. The number of hydrogen-bond acceptors (Lipinski definition) is 5. The van der Waals surface area contributed by atoms with Gasteiger partial charge in [-0.1, -0.05) is 13.8 Å². The molecule has 0 aliphatic carbocycles. The third-order valence-electron chi connectivity index (χ3n) is 4.61. The third-order valence-corrected chi connectivity index (χ3v) is 4.61. The van der Waals surface area contributed by atoms with Crippen molar-refractivity contribution in [3.8, 4) is 17.9 Å². The van der Waals surface area contributed by atoms with Gasteiger partial charge in [-0.05, 0) is 44.0 Å². The average Bonchev–Trinajstić information content (AvgIpc) is 2.65. The van der Waals surface area contributed by atoms with Crippen molar-refractivity contribution in [2.75, 3.05) is 19.7 Å². The molecule has 5 nitrogen and oxygen atoms in total. The normalized spacial score (nSPS) is 11.0. The Bertz CT molecular complexity index is 604. The Labute approximate surface area is 150 Å². The van der Waals surface area contributed by atoms with E-state index in [4.69, 9.17) is 15.3 Å². The predicted octanol–water partition coefficient (Wildman–Crippen LogP) is 3.96. The molecule has 5 heteroatoms. The Morgan fingerprint density at radius 1 is 1.04 bits per heavy atom. The monoisotopic (exact) mass is 341 g/mol. The summed E-state index contributed by atoms with van der Waals surface area (Å²) in [7, 11) is 0. The van der Waals surface area contributed by atoms with Crippen LogP contribution in [0.2, 0.25) is 0 Å². The zero-order chi connectivity index (χ0) is 18.7. The summed E-state index contributed by atoms with van der Waals surface area (Å²) < 4.78 is 5.44. The number of nitriles is 2. The van der Waals surface area contributed by atoms with Crippen molar-refractivity contribution in [3.63, 3.8) is 0 Å². The molecule has 0 saturated heterocycles. The summed E-state index contributed by atoms with van der Waals surface area (Å²) in [6.07, 6.45) is 1.94. The Morgan fingerprint density at radius 2 is 1.56 bits per heavy atom. The van der Waals surface area contributed by atoms with Crippen LogP contribution in [-0.4, -0.2) is 35.9 Å². The fraction of sp³-hybridized carbons (Fsp3) is 0.550. The molecule has 134 valence electrons. The second kappa shape index (κ2) is 10.5. The van der Waals surface area contributed by atoms with Crippen LogP contribution in [-0.2, 0) is 0 Å². The minimum absolute atomic E-state index is 0.0384. The van der Waals surface area contributed by atoms with Gasteiger partial charge in [-0.2, -0.15) is 10.5 Å². The number of Topliss-reactive ketones (excluding diaryl/α,β-unsaturated/α-hetero) is 1. The number of carbonyl (C=O) groups is 1. The molecule has 0 fully saturated rings. The lowest BCUT2D eigenvalue weighted by Crippen LogP contribution is -2.54. The molecular formula is C20H27N3O2. The van der Waals surface area contributed by atoms with Crippen LogP contribution < -0.4 is 4.74 Å². The highest BCUT2D eigenvalue weighted by Crippen LogP contribution is 2.30. The third kappa shape index (κ3) is 5.05. The lowest BCUT2D eigenvalue weighted by atomic mass is 9.82. The molecule has 0 unspecified atom stereocenters. The van der Waals surface area contributed by atoms with Gasteiger partial charge in [0.1, 0.15) is 5.75 Å². The molecule has 0 saturated carbocycles. The maximum atomic E-state index is 13.3. The van der Waals surface area contributed by atoms with Gasteiger partial charge < -0.3 is 4.74 Å². The van der Waals surface area contributed by atoms with Gasteiger partial charge in [-0.15, -0.1) is 0 Å². The van der Waals surface area contributed by atoms with E-state index >= 15 is 0 Å². The van der Waals surface area contributed by atoms with Crippen LogP contribution in [0.15, 0.2) is 24.3 Å². The molecular weight excluding hydrogens is 314 g/mol. The molecule has 25 heavy (non-hydrogen) atoms. The van der Waals surface area contributed by atoms with Crippen LogP contribution in [0.25, 0.3) is 0 Å². The number of ether oxygens (including phenoxy) is 1. The summed E-state index contributed by atoms with van der Waals surface area (Å²) in [6, 6.07) is 11.5. The van der Waals surface area contributed by atoms with Crippen LogP contribution in [0.5, 0.6) is 5.75 Å². The van der Waals surface area contributed by atoms with Crippen LogP contribution in [0.4, 0.5) is 0 Å². The lowest BCUT2D eigenvalue weighted by Gasteiger charge is -2.41. The van der Waals surface area contributed by atoms with Gasteiger partial charge in [0.15, 0.2) is 5.78 Å². The molecule has 0 amide bonds.